The lowest BCUT2D eigenvalue weighted by molar-refractivity contribution is 0.0970. The Balaban J connectivity index is 1.72. The number of halogens is 1. The molecule has 1 amide bonds. The number of nitrogens with zero attached hydrogens (tertiary/aromatic N) is 3. The summed E-state index contributed by atoms with van der Waals surface area (Å²) in [4.78, 5) is 28.5. The number of hydrogen-bond donors (Lipinski definition) is 0. The van der Waals surface area contributed by atoms with Crippen molar-refractivity contribution in [2.75, 3.05) is 11.5 Å². The van der Waals surface area contributed by atoms with Crippen LogP contribution in [0.5, 0.6) is 5.75 Å². The van der Waals surface area contributed by atoms with Crippen LogP contribution in [0.2, 0.25) is 0 Å². The number of aryl methyl sites for hydroxylation is 1. The Labute approximate surface area is 195 Å². The average Bonchev–Trinajstić information content (AvgIpc) is 3.34. The maximum Gasteiger partial charge on any atom is 0.297 e. The molecule has 1 aliphatic rings. The second-order valence-corrected chi connectivity index (χ2v) is 9.49. The van der Waals surface area contributed by atoms with E-state index in [2.05, 4.69) is 26.1 Å². The molecule has 32 heavy (non-hydrogen) atoms. The fraction of sp³-hybridized carbons (Fsp3) is 0.217. The molecular weight excluding hydrogens is 494 g/mol. The molecule has 0 saturated heterocycles. The van der Waals surface area contributed by atoms with E-state index in [-0.39, 0.29) is 11.2 Å². The molecule has 0 aliphatic carbocycles. The van der Waals surface area contributed by atoms with Gasteiger partial charge in [-0.15, -0.1) is 10.2 Å². The van der Waals surface area contributed by atoms with Crippen molar-refractivity contribution in [3.05, 3.63) is 79.1 Å². The minimum Gasteiger partial charge on any atom is -0.494 e. The van der Waals surface area contributed by atoms with Crippen LogP contribution in [0.1, 0.15) is 46.1 Å². The van der Waals surface area contributed by atoms with Crippen molar-refractivity contribution in [2.45, 2.75) is 26.3 Å². The molecule has 4 aromatic rings. The lowest BCUT2D eigenvalue weighted by Crippen LogP contribution is -2.29. The third-order valence-corrected chi connectivity index (χ3v) is 6.55. The van der Waals surface area contributed by atoms with E-state index in [1.165, 1.54) is 16.2 Å². The summed E-state index contributed by atoms with van der Waals surface area (Å²) in [5, 5.41) is 9.79. The third-order valence-electron chi connectivity index (χ3n) is 5.22. The predicted molar refractivity (Wildman–Crippen MR) is 126 cm³/mol. The van der Waals surface area contributed by atoms with Gasteiger partial charge in [0.2, 0.25) is 10.9 Å². The monoisotopic (exact) mass is 511 g/mol. The Morgan fingerprint density at radius 2 is 1.94 bits per heavy atom. The van der Waals surface area contributed by atoms with Gasteiger partial charge >= 0.3 is 0 Å². The van der Waals surface area contributed by atoms with Gasteiger partial charge in [-0.05, 0) is 49.2 Å². The Kier molecular flexibility index (Phi) is 5.30. The van der Waals surface area contributed by atoms with Gasteiger partial charge in [0.25, 0.3) is 5.91 Å². The molecule has 0 saturated carbocycles. The van der Waals surface area contributed by atoms with Crippen molar-refractivity contribution < 1.29 is 13.9 Å². The number of anilines is 1. The second kappa shape index (κ2) is 8.14. The largest absolute Gasteiger partial charge is 0.494 e. The zero-order chi connectivity index (χ0) is 22.4. The minimum atomic E-state index is -0.676. The molecule has 1 unspecified atom stereocenters. The molecule has 5 rings (SSSR count). The first-order valence-electron chi connectivity index (χ1n) is 10.1. The Morgan fingerprint density at radius 3 is 2.62 bits per heavy atom. The average molecular weight is 512 g/mol. The van der Waals surface area contributed by atoms with Gasteiger partial charge in [0.05, 0.1) is 23.6 Å². The lowest BCUT2D eigenvalue weighted by Gasteiger charge is -2.22. The molecule has 1 aliphatic heterocycles. The van der Waals surface area contributed by atoms with E-state index >= 15 is 0 Å². The quantitative estimate of drug-likeness (QED) is 0.363. The van der Waals surface area contributed by atoms with E-state index in [4.69, 9.17) is 9.15 Å². The number of fused-ring (bicyclic) bond motifs is 2. The Bertz CT molecular complexity index is 1400. The van der Waals surface area contributed by atoms with Gasteiger partial charge in [-0.2, -0.15) is 0 Å². The summed E-state index contributed by atoms with van der Waals surface area (Å²) in [7, 11) is 0. The summed E-state index contributed by atoms with van der Waals surface area (Å²) in [6.45, 7) is 4.48. The van der Waals surface area contributed by atoms with Gasteiger partial charge in [0, 0.05) is 4.47 Å². The van der Waals surface area contributed by atoms with E-state index < -0.39 is 11.9 Å². The van der Waals surface area contributed by atoms with Crippen LogP contribution in [-0.2, 0) is 0 Å². The van der Waals surface area contributed by atoms with Crippen LogP contribution < -0.4 is 15.1 Å². The van der Waals surface area contributed by atoms with E-state index in [1.54, 1.807) is 18.2 Å². The molecule has 3 heterocycles. The predicted octanol–water partition coefficient (Wildman–Crippen LogP) is 5.25. The standard InChI is InChI=1S/C23H18BrN3O4S/c1-3-10-30-15-7-4-13(5-8-15)19-18-20(28)16-11-14(24)6-9-17(16)31-21(18)22(29)27(19)23-26-25-12(2)32-23/h4-9,11,19H,3,10H2,1-2H3. The summed E-state index contributed by atoms with van der Waals surface area (Å²) < 4.78 is 12.4. The molecule has 0 spiro atoms. The number of ether oxygens (including phenoxy) is 1. The molecule has 0 fully saturated rings. The second-order valence-electron chi connectivity index (χ2n) is 7.41. The zero-order valence-electron chi connectivity index (χ0n) is 17.3. The van der Waals surface area contributed by atoms with E-state index in [0.717, 1.165) is 27.2 Å². The minimum absolute atomic E-state index is 0.0361. The molecule has 2 aromatic heterocycles. The summed E-state index contributed by atoms with van der Waals surface area (Å²) in [5.74, 6) is 0.358. The van der Waals surface area contributed by atoms with E-state index in [1.807, 2.05) is 38.1 Å². The number of hydrogen-bond acceptors (Lipinski definition) is 7. The molecule has 162 valence electrons. The van der Waals surface area contributed by atoms with Crippen molar-refractivity contribution in [3.8, 4) is 5.75 Å². The fourth-order valence-electron chi connectivity index (χ4n) is 3.81. The van der Waals surface area contributed by atoms with Gasteiger partial charge in [0.15, 0.2) is 5.43 Å². The molecule has 0 radical (unpaired) electrons. The molecule has 1 atom stereocenters. The van der Waals surface area contributed by atoms with Crippen molar-refractivity contribution in [3.63, 3.8) is 0 Å². The van der Waals surface area contributed by atoms with E-state index in [9.17, 15) is 9.59 Å². The van der Waals surface area contributed by atoms with Gasteiger partial charge in [-0.3, -0.25) is 14.5 Å². The number of benzene rings is 2. The van der Waals surface area contributed by atoms with E-state index in [0.29, 0.717) is 28.3 Å². The highest BCUT2D eigenvalue weighted by Crippen LogP contribution is 2.42. The fourth-order valence-corrected chi connectivity index (χ4v) is 4.88. The maximum atomic E-state index is 13.6. The third kappa shape index (κ3) is 3.41. The van der Waals surface area contributed by atoms with Crippen molar-refractivity contribution in [1.82, 2.24) is 10.2 Å². The Morgan fingerprint density at radius 1 is 1.16 bits per heavy atom. The summed E-state index contributed by atoms with van der Waals surface area (Å²) in [6, 6.07) is 11.9. The number of rotatable bonds is 5. The van der Waals surface area contributed by atoms with Crippen molar-refractivity contribution in [1.29, 1.82) is 0 Å². The topological polar surface area (TPSA) is 85.5 Å². The number of carbonyl (C=O) groups is 1. The number of aromatic nitrogens is 2. The van der Waals surface area contributed by atoms with Gasteiger partial charge in [-0.1, -0.05) is 46.3 Å². The smallest absolute Gasteiger partial charge is 0.297 e. The van der Waals surface area contributed by atoms with Crippen LogP contribution in [0.3, 0.4) is 0 Å². The molecule has 0 N–H and O–H groups in total. The van der Waals surface area contributed by atoms with Crippen LogP contribution >= 0.6 is 27.3 Å². The highest BCUT2D eigenvalue weighted by Gasteiger charge is 2.45. The highest BCUT2D eigenvalue weighted by atomic mass is 79.9. The molecule has 9 heteroatoms. The van der Waals surface area contributed by atoms with Crippen LogP contribution in [-0.4, -0.2) is 22.7 Å². The number of amides is 1. The molecule has 0 bridgehead atoms. The maximum absolute atomic E-state index is 13.6. The van der Waals surface area contributed by atoms with Crippen LogP contribution in [0.25, 0.3) is 11.0 Å². The first kappa shape index (κ1) is 20.8. The van der Waals surface area contributed by atoms with Gasteiger partial charge < -0.3 is 9.15 Å². The number of carbonyl (C=O) groups excluding carboxylic acids is 1. The van der Waals surface area contributed by atoms with Gasteiger partial charge in [0.1, 0.15) is 16.3 Å². The van der Waals surface area contributed by atoms with Crippen LogP contribution in [0.4, 0.5) is 5.13 Å². The lowest BCUT2D eigenvalue weighted by atomic mass is 9.98. The van der Waals surface area contributed by atoms with Crippen LogP contribution in [0.15, 0.2) is 56.1 Å². The van der Waals surface area contributed by atoms with Gasteiger partial charge in [-0.25, -0.2) is 0 Å². The first-order valence-corrected chi connectivity index (χ1v) is 11.7. The summed E-state index contributed by atoms with van der Waals surface area (Å²) in [6.07, 6.45) is 0.903. The molecule has 2 aromatic carbocycles. The van der Waals surface area contributed by atoms with Crippen molar-refractivity contribution >= 4 is 49.3 Å². The molecular formula is C23H18BrN3O4S. The first-order chi connectivity index (χ1) is 15.5. The SMILES string of the molecule is CCCOc1ccc(C2c3c(oc4ccc(Br)cc4c3=O)C(=O)N2c2nnc(C)s2)cc1. The zero-order valence-corrected chi connectivity index (χ0v) is 19.7. The highest BCUT2D eigenvalue weighted by molar-refractivity contribution is 9.10. The normalized spacial score (nSPS) is 15.4. The van der Waals surface area contributed by atoms with Crippen LogP contribution in [0, 0.1) is 6.92 Å². The summed E-state index contributed by atoms with van der Waals surface area (Å²) in [5.41, 5.74) is 1.18. The van der Waals surface area contributed by atoms with Crippen molar-refractivity contribution in [2.24, 2.45) is 0 Å². The summed E-state index contributed by atoms with van der Waals surface area (Å²) >= 11 is 4.70. The molecule has 7 nitrogen and oxygen atoms in total. The Hall–Kier alpha value is -3.04.